The molecule has 0 radical (unpaired) electrons. The largest absolute Gasteiger partial charge is 0.458 e. The van der Waals surface area contributed by atoms with Gasteiger partial charge in [0, 0.05) is 30.1 Å². The van der Waals surface area contributed by atoms with Crippen LogP contribution in [0.5, 0.6) is 0 Å². The number of hydrogen-bond acceptors (Lipinski definition) is 6. The Hall–Kier alpha value is -2.08. The molecule has 1 N–H and O–H groups in total. The van der Waals surface area contributed by atoms with E-state index >= 15 is 0 Å². The predicted molar refractivity (Wildman–Crippen MR) is 108 cm³/mol. The second-order valence-corrected chi connectivity index (χ2v) is 10.1. The van der Waals surface area contributed by atoms with Gasteiger partial charge in [-0.25, -0.2) is 0 Å². The summed E-state index contributed by atoms with van der Waals surface area (Å²) in [7, 11) is 0. The number of Topliss-reactive ketones (excluding diaryl/α,β-unsaturated/α-hetero) is 2. The molecule has 162 valence electrons. The van der Waals surface area contributed by atoms with E-state index in [0.717, 1.165) is 18.4 Å². The molecular formula is C24H30O6. The fourth-order valence-electron chi connectivity index (χ4n) is 7.24. The van der Waals surface area contributed by atoms with E-state index in [0.29, 0.717) is 6.42 Å². The molecule has 4 aliphatic carbocycles. The summed E-state index contributed by atoms with van der Waals surface area (Å²) in [5.41, 5.74) is -2.07. The van der Waals surface area contributed by atoms with Crippen molar-refractivity contribution >= 4 is 23.3 Å². The SMILES string of the molecule is CC(=O)OCC(=O)[C@@]1(O)[C@@H](C)C[C@@H]2[C@H]3CCC4=CC(=O)C=C[C@]4(C)[C@@H]3C(=O)C[C@@]21C. The highest BCUT2D eigenvalue weighted by atomic mass is 16.5. The molecule has 0 aromatic rings. The Morgan fingerprint density at radius 1 is 1.27 bits per heavy atom. The van der Waals surface area contributed by atoms with E-state index in [9.17, 15) is 24.3 Å². The number of aliphatic hydroxyl groups is 1. The first-order chi connectivity index (χ1) is 13.9. The number of ketones is 3. The Kier molecular flexibility index (Phi) is 4.73. The second kappa shape index (κ2) is 6.71. The first kappa shape index (κ1) is 21.2. The minimum absolute atomic E-state index is 0.00545. The standard InChI is InChI=1S/C24H30O6/c1-13-9-18-17-6-5-15-10-16(26)7-8-22(15,3)21(17)19(27)11-23(18,4)24(13,29)20(28)12-30-14(2)25/h7-8,10,13,17-18,21,29H,5-6,9,11-12H2,1-4H3/t13-,17+,18+,21-,22-,23-,24-/m0/s1. The minimum Gasteiger partial charge on any atom is -0.458 e. The lowest BCUT2D eigenvalue weighted by Gasteiger charge is -2.56. The van der Waals surface area contributed by atoms with Crippen LogP contribution in [0.2, 0.25) is 0 Å². The first-order valence-corrected chi connectivity index (χ1v) is 10.8. The third-order valence-electron chi connectivity index (χ3n) is 8.67. The molecule has 0 heterocycles. The normalized spacial score (nSPS) is 44.6. The molecule has 6 heteroatoms. The van der Waals surface area contributed by atoms with Gasteiger partial charge in [0.25, 0.3) is 0 Å². The monoisotopic (exact) mass is 414 g/mol. The Bertz CT molecular complexity index is 899. The molecule has 6 nitrogen and oxygen atoms in total. The summed E-state index contributed by atoms with van der Waals surface area (Å²) in [6, 6.07) is 0. The van der Waals surface area contributed by atoms with Gasteiger partial charge >= 0.3 is 5.97 Å². The van der Waals surface area contributed by atoms with Crippen molar-refractivity contribution in [1.82, 2.24) is 0 Å². The lowest BCUT2D eigenvalue weighted by atomic mass is 9.46. The summed E-state index contributed by atoms with van der Waals surface area (Å²) >= 11 is 0. The third kappa shape index (κ3) is 2.65. The van der Waals surface area contributed by atoms with Gasteiger partial charge in [0.05, 0.1) is 0 Å². The van der Waals surface area contributed by atoms with Gasteiger partial charge in [-0.15, -0.1) is 0 Å². The van der Waals surface area contributed by atoms with Gasteiger partial charge in [0.1, 0.15) is 11.4 Å². The second-order valence-electron chi connectivity index (χ2n) is 10.1. The zero-order chi connectivity index (χ0) is 22.1. The van der Waals surface area contributed by atoms with Crippen LogP contribution >= 0.6 is 0 Å². The van der Waals surface area contributed by atoms with Crippen LogP contribution in [0.1, 0.15) is 53.4 Å². The highest BCUT2D eigenvalue weighted by molar-refractivity contribution is 6.02. The van der Waals surface area contributed by atoms with Crippen LogP contribution < -0.4 is 0 Å². The molecule has 0 amide bonds. The molecular weight excluding hydrogens is 384 g/mol. The van der Waals surface area contributed by atoms with Gasteiger partial charge in [0.15, 0.2) is 12.4 Å². The van der Waals surface area contributed by atoms with Crippen molar-refractivity contribution in [1.29, 1.82) is 0 Å². The Morgan fingerprint density at radius 3 is 2.63 bits per heavy atom. The summed E-state index contributed by atoms with van der Waals surface area (Å²) in [5, 5.41) is 11.7. The van der Waals surface area contributed by atoms with Crippen LogP contribution in [0.4, 0.5) is 0 Å². The van der Waals surface area contributed by atoms with E-state index in [1.165, 1.54) is 6.92 Å². The quantitative estimate of drug-likeness (QED) is 0.713. The van der Waals surface area contributed by atoms with E-state index < -0.39 is 34.8 Å². The zero-order valence-electron chi connectivity index (χ0n) is 18.1. The molecule has 0 saturated heterocycles. The molecule has 0 unspecified atom stereocenters. The topological polar surface area (TPSA) is 97.7 Å². The maximum atomic E-state index is 13.5. The molecule has 0 aliphatic heterocycles. The number of allylic oxidation sites excluding steroid dienone is 4. The third-order valence-corrected chi connectivity index (χ3v) is 8.67. The molecule has 30 heavy (non-hydrogen) atoms. The highest BCUT2D eigenvalue weighted by Gasteiger charge is 2.70. The van der Waals surface area contributed by atoms with Crippen molar-refractivity contribution < 1.29 is 29.0 Å². The van der Waals surface area contributed by atoms with E-state index in [1.54, 1.807) is 12.2 Å². The predicted octanol–water partition coefficient (Wildman–Crippen LogP) is 2.58. The van der Waals surface area contributed by atoms with Gasteiger partial charge in [0.2, 0.25) is 5.78 Å². The molecule has 3 saturated carbocycles. The van der Waals surface area contributed by atoms with Crippen LogP contribution in [0.15, 0.2) is 23.8 Å². The van der Waals surface area contributed by atoms with E-state index in [4.69, 9.17) is 4.74 Å². The molecule has 0 aromatic carbocycles. The number of carbonyl (C=O) groups excluding carboxylic acids is 4. The van der Waals surface area contributed by atoms with E-state index in [-0.39, 0.29) is 41.7 Å². The van der Waals surface area contributed by atoms with Crippen LogP contribution in [0.25, 0.3) is 0 Å². The maximum absolute atomic E-state index is 13.5. The average molecular weight is 414 g/mol. The molecule has 3 fully saturated rings. The molecule has 0 spiro atoms. The van der Waals surface area contributed by atoms with Crippen LogP contribution in [0.3, 0.4) is 0 Å². The minimum atomic E-state index is -1.71. The van der Waals surface area contributed by atoms with Gasteiger partial charge in [-0.1, -0.05) is 32.4 Å². The summed E-state index contributed by atoms with van der Waals surface area (Å²) in [6.45, 7) is 6.50. The number of hydrogen-bond donors (Lipinski definition) is 1. The average Bonchev–Trinajstić information content (AvgIpc) is 2.87. The van der Waals surface area contributed by atoms with Gasteiger partial charge in [-0.3, -0.25) is 19.2 Å². The van der Waals surface area contributed by atoms with Gasteiger partial charge in [-0.2, -0.15) is 0 Å². The van der Waals surface area contributed by atoms with Crippen LogP contribution in [0, 0.1) is 34.5 Å². The highest BCUT2D eigenvalue weighted by Crippen LogP contribution is 2.67. The summed E-state index contributed by atoms with van der Waals surface area (Å²) in [6.07, 6.45) is 7.37. The Balaban J connectivity index is 1.71. The molecule has 4 aliphatic rings. The lowest BCUT2D eigenvalue weighted by Crippen LogP contribution is -2.62. The van der Waals surface area contributed by atoms with Crippen molar-refractivity contribution in [3.8, 4) is 0 Å². The van der Waals surface area contributed by atoms with Crippen LogP contribution in [-0.2, 0) is 23.9 Å². The molecule has 0 bridgehead atoms. The summed E-state index contributed by atoms with van der Waals surface area (Å²) in [4.78, 5) is 49.7. The Labute approximate surface area is 176 Å². The number of ether oxygens (including phenoxy) is 1. The van der Waals surface area contributed by atoms with Crippen molar-refractivity contribution in [2.45, 2.75) is 59.0 Å². The Morgan fingerprint density at radius 2 is 1.97 bits per heavy atom. The number of rotatable bonds is 3. The van der Waals surface area contributed by atoms with E-state index in [2.05, 4.69) is 0 Å². The van der Waals surface area contributed by atoms with Crippen molar-refractivity contribution in [3.63, 3.8) is 0 Å². The fraction of sp³-hybridized carbons (Fsp3) is 0.667. The van der Waals surface area contributed by atoms with Crippen LogP contribution in [-0.4, -0.2) is 40.6 Å². The lowest BCUT2D eigenvalue weighted by molar-refractivity contribution is -0.176. The molecule has 0 aromatic heterocycles. The smallest absolute Gasteiger partial charge is 0.303 e. The summed E-state index contributed by atoms with van der Waals surface area (Å²) in [5.74, 6) is -1.63. The van der Waals surface area contributed by atoms with Crippen molar-refractivity contribution in [2.24, 2.45) is 34.5 Å². The van der Waals surface area contributed by atoms with Gasteiger partial charge in [-0.05, 0) is 49.2 Å². The fourth-order valence-corrected chi connectivity index (χ4v) is 7.24. The number of fused-ring (bicyclic) bond motifs is 5. The van der Waals surface area contributed by atoms with Crippen molar-refractivity contribution in [3.05, 3.63) is 23.8 Å². The maximum Gasteiger partial charge on any atom is 0.303 e. The van der Waals surface area contributed by atoms with Crippen molar-refractivity contribution in [2.75, 3.05) is 6.61 Å². The molecule has 7 atom stereocenters. The number of esters is 1. The zero-order valence-corrected chi connectivity index (χ0v) is 18.1. The first-order valence-electron chi connectivity index (χ1n) is 10.8. The number of carbonyl (C=O) groups is 4. The summed E-state index contributed by atoms with van der Waals surface area (Å²) < 4.78 is 4.90. The van der Waals surface area contributed by atoms with Gasteiger partial charge < -0.3 is 9.84 Å². The molecule has 4 rings (SSSR count). The van der Waals surface area contributed by atoms with E-state index in [1.807, 2.05) is 26.8 Å².